The fourth-order valence-electron chi connectivity index (χ4n) is 4.00. The molecule has 0 radical (unpaired) electrons. The van der Waals surface area contributed by atoms with Gasteiger partial charge in [0, 0.05) is 22.0 Å². The van der Waals surface area contributed by atoms with Crippen LogP contribution < -0.4 is 64.4 Å². The third-order valence-electron chi connectivity index (χ3n) is 6.18. The Bertz CT molecular complexity index is 2160. The first kappa shape index (κ1) is 37.1. The van der Waals surface area contributed by atoms with E-state index in [1.165, 1.54) is 48.5 Å². The number of nitrogens with one attached hydrogen (secondary N) is 1. The maximum absolute atomic E-state index is 12.7. The van der Waals surface area contributed by atoms with E-state index in [0.717, 1.165) is 18.2 Å². The van der Waals surface area contributed by atoms with E-state index in [1.54, 1.807) is 36.4 Å². The van der Waals surface area contributed by atoms with Gasteiger partial charge in [-0.05, 0) is 84.9 Å². The maximum Gasteiger partial charge on any atom is 1.00 e. The van der Waals surface area contributed by atoms with Crippen LogP contribution in [0.1, 0.15) is 10.4 Å². The quantitative estimate of drug-likeness (QED) is 0.133. The largest absolute Gasteiger partial charge is 1.00 e. The van der Waals surface area contributed by atoms with Crippen molar-refractivity contribution in [2.75, 3.05) is 5.32 Å². The van der Waals surface area contributed by atoms with Crippen LogP contribution in [-0.2, 0) is 20.2 Å². The summed E-state index contributed by atoms with van der Waals surface area (Å²) in [5.41, 5.74) is 2.05. The van der Waals surface area contributed by atoms with Gasteiger partial charge in [0.15, 0.2) is 5.75 Å². The molecule has 0 fully saturated rings. The second kappa shape index (κ2) is 15.5. The van der Waals surface area contributed by atoms with Gasteiger partial charge in [-0.2, -0.15) is 15.3 Å². The molecule has 0 unspecified atom stereocenters. The average molecular weight is 676 g/mol. The molecule has 1 amide bonds. The molecule has 0 bridgehead atoms. The van der Waals surface area contributed by atoms with Gasteiger partial charge in [-0.15, -0.1) is 5.11 Å². The van der Waals surface area contributed by atoms with Gasteiger partial charge in [-0.1, -0.05) is 18.2 Å². The van der Waals surface area contributed by atoms with Crippen molar-refractivity contribution in [2.45, 2.75) is 9.79 Å². The first-order valence-electron chi connectivity index (χ1n) is 12.5. The Morgan fingerprint density at radius 1 is 0.609 bits per heavy atom. The Morgan fingerprint density at radius 3 is 1.67 bits per heavy atom. The predicted molar refractivity (Wildman–Crippen MR) is 157 cm³/mol. The number of hydrogen-bond donors (Lipinski definition) is 2. The van der Waals surface area contributed by atoms with E-state index in [4.69, 9.17) is 0 Å². The minimum atomic E-state index is -4.74. The third kappa shape index (κ3) is 9.13. The van der Waals surface area contributed by atoms with Gasteiger partial charge in [0.05, 0.1) is 26.9 Å². The molecule has 17 heteroatoms. The summed E-state index contributed by atoms with van der Waals surface area (Å²) in [7, 11) is -9.29. The minimum absolute atomic E-state index is 0. The zero-order chi connectivity index (χ0) is 31.5. The fraction of sp³-hybridized carbons (Fsp3) is 0. The van der Waals surface area contributed by atoms with E-state index in [0.29, 0.717) is 28.3 Å². The maximum atomic E-state index is 12.7. The van der Waals surface area contributed by atoms with Crippen LogP contribution in [0.4, 0.5) is 28.4 Å². The second-order valence-corrected chi connectivity index (χ2v) is 11.9. The van der Waals surface area contributed by atoms with Gasteiger partial charge in [-0.3, -0.25) is 4.79 Å². The van der Waals surface area contributed by atoms with Crippen LogP contribution in [0.3, 0.4) is 0 Å². The van der Waals surface area contributed by atoms with Crippen molar-refractivity contribution in [1.29, 1.82) is 0 Å². The number of carbonyl (C=O) groups excluding carboxylic acids is 1. The van der Waals surface area contributed by atoms with Crippen molar-refractivity contribution in [3.8, 4) is 5.75 Å². The summed E-state index contributed by atoms with van der Waals surface area (Å²) in [5, 5.41) is 29.6. The Labute approximate surface area is 307 Å². The van der Waals surface area contributed by atoms with Crippen molar-refractivity contribution in [2.24, 2.45) is 20.5 Å². The molecule has 0 aromatic heterocycles. The van der Waals surface area contributed by atoms with E-state index >= 15 is 0 Å². The summed E-state index contributed by atoms with van der Waals surface area (Å²) in [5.74, 6) is -0.736. The third-order valence-corrected chi connectivity index (χ3v) is 7.92. The molecule has 0 aliphatic rings. The molecule has 0 atom stereocenters. The van der Waals surface area contributed by atoms with E-state index < -0.39 is 31.0 Å². The van der Waals surface area contributed by atoms with Gasteiger partial charge >= 0.3 is 59.1 Å². The molecule has 222 valence electrons. The molecule has 2 N–H and O–H groups in total. The molecule has 46 heavy (non-hydrogen) atoms. The van der Waals surface area contributed by atoms with Crippen molar-refractivity contribution in [3.05, 3.63) is 109 Å². The molecule has 5 rings (SSSR count). The predicted octanol–water partition coefficient (Wildman–Crippen LogP) is 0.445. The van der Waals surface area contributed by atoms with Crippen LogP contribution in [0.15, 0.2) is 133 Å². The normalized spacial score (nSPS) is 11.7. The van der Waals surface area contributed by atoms with Gasteiger partial charge in [0.1, 0.15) is 25.9 Å². The monoisotopic (exact) mass is 675 g/mol. The smallest absolute Gasteiger partial charge is 0.744 e. The van der Waals surface area contributed by atoms with E-state index in [9.17, 15) is 35.8 Å². The zero-order valence-corrected chi connectivity index (χ0v) is 29.9. The number of phenolic OH excluding ortho intramolecular Hbond substituents is 1. The van der Waals surface area contributed by atoms with Crippen molar-refractivity contribution >= 4 is 65.4 Å². The van der Waals surface area contributed by atoms with Crippen LogP contribution in [-0.4, -0.2) is 37.0 Å². The molecule has 0 aliphatic heterocycles. The molecule has 0 spiro atoms. The number of anilines is 1. The molecule has 13 nitrogen and oxygen atoms in total. The number of benzene rings is 5. The van der Waals surface area contributed by atoms with Crippen molar-refractivity contribution < 1.29 is 95.0 Å². The first-order chi connectivity index (χ1) is 20.9. The molecule has 0 saturated carbocycles. The fourth-order valence-corrected chi connectivity index (χ4v) is 5.16. The molecule has 0 saturated heterocycles. The van der Waals surface area contributed by atoms with E-state index in [1.807, 2.05) is 0 Å². The molecule has 0 heterocycles. The number of hydrogen-bond acceptors (Lipinski definition) is 12. The van der Waals surface area contributed by atoms with Gasteiger partial charge in [0.2, 0.25) is 0 Å². The van der Waals surface area contributed by atoms with E-state index in [2.05, 4.69) is 25.8 Å². The summed E-state index contributed by atoms with van der Waals surface area (Å²) in [6.07, 6.45) is 0. The van der Waals surface area contributed by atoms with Gasteiger partial charge in [-0.25, -0.2) is 16.8 Å². The Hall–Kier alpha value is -3.35. The SMILES string of the molecule is O=C(Nc1ccc(N=Nc2ccc(S(=O)(=O)[O-])cc2)cc1)c1ccc(N=Nc2ccc3c(S(=O)(=O)[O-])cccc3c2O)cc1.[Na+].[Na+]. The molecule has 5 aromatic rings. The second-order valence-electron chi connectivity index (χ2n) is 9.13. The topological polar surface area (TPSA) is 213 Å². The number of rotatable bonds is 8. The summed E-state index contributed by atoms with van der Waals surface area (Å²) in [6, 6.07) is 24.3. The molecular formula is C29H19N5Na2O8S2. The molecule has 0 aliphatic carbocycles. The number of azo groups is 2. The summed E-state index contributed by atoms with van der Waals surface area (Å²) >= 11 is 0. The van der Waals surface area contributed by atoms with Crippen molar-refractivity contribution in [3.63, 3.8) is 0 Å². The Kier molecular flexibility index (Phi) is 12.5. The number of phenols is 1. The Balaban J connectivity index is 0.00000288. The Morgan fingerprint density at radius 2 is 1.13 bits per heavy atom. The summed E-state index contributed by atoms with van der Waals surface area (Å²) in [4.78, 5) is 11.9. The standard InChI is InChI=1S/C29H21N5O8S2.2Na/c35-28-25-2-1-3-27(44(40,41)42)24(25)16-17-26(28)34-33-20-6-4-18(5-7-20)29(36)30-19-8-10-21(11-9-19)31-32-22-12-14-23(15-13-22)43(37,38)39;;/h1-17,35H,(H,30,36)(H,37,38,39)(H,40,41,42);;/q;2*+1/p-2. The van der Waals surface area contributed by atoms with Crippen LogP contribution in [0.5, 0.6) is 5.75 Å². The molecule has 5 aromatic carbocycles. The van der Waals surface area contributed by atoms with Crippen molar-refractivity contribution in [1.82, 2.24) is 0 Å². The molecular weight excluding hydrogens is 656 g/mol. The number of amides is 1. The van der Waals surface area contributed by atoms with Crippen LogP contribution in [0, 0.1) is 0 Å². The average Bonchev–Trinajstić information content (AvgIpc) is 3.00. The zero-order valence-electron chi connectivity index (χ0n) is 24.2. The summed E-state index contributed by atoms with van der Waals surface area (Å²) < 4.78 is 67.6. The van der Waals surface area contributed by atoms with Crippen LogP contribution in [0.2, 0.25) is 0 Å². The first-order valence-corrected chi connectivity index (χ1v) is 15.3. The van der Waals surface area contributed by atoms with Crippen LogP contribution >= 0.6 is 0 Å². The van der Waals surface area contributed by atoms with E-state index in [-0.39, 0.29) is 86.2 Å². The minimum Gasteiger partial charge on any atom is -0.744 e. The van der Waals surface area contributed by atoms with Crippen LogP contribution in [0.25, 0.3) is 10.8 Å². The summed E-state index contributed by atoms with van der Waals surface area (Å²) in [6.45, 7) is 0. The number of fused-ring (bicyclic) bond motifs is 1. The number of nitrogens with zero attached hydrogens (tertiary/aromatic N) is 4. The van der Waals surface area contributed by atoms with Gasteiger partial charge < -0.3 is 19.5 Å². The number of carbonyl (C=O) groups is 1. The van der Waals surface area contributed by atoms with Gasteiger partial charge in [0.25, 0.3) is 5.91 Å². The number of aromatic hydroxyl groups is 1.